The van der Waals surface area contributed by atoms with Crippen LogP contribution in [0.1, 0.15) is 28.8 Å². The van der Waals surface area contributed by atoms with Crippen LogP contribution in [0.15, 0.2) is 46.8 Å². The molecule has 1 aromatic heterocycles. The van der Waals surface area contributed by atoms with Gasteiger partial charge < -0.3 is 15.5 Å². The van der Waals surface area contributed by atoms with Crippen molar-refractivity contribution < 1.29 is 4.79 Å². The third kappa shape index (κ3) is 8.60. The van der Waals surface area contributed by atoms with E-state index in [1.54, 1.807) is 30.3 Å². The topological polar surface area (TPSA) is 56.7 Å². The zero-order valence-electron chi connectivity index (χ0n) is 17.1. The molecule has 7 heteroatoms. The smallest absolute Gasteiger partial charge is 0.243 e. The van der Waals surface area contributed by atoms with Gasteiger partial charge in [-0.25, -0.2) is 4.99 Å². The average Bonchev–Trinajstić information content (AvgIpc) is 3.16. The van der Waals surface area contributed by atoms with Gasteiger partial charge >= 0.3 is 0 Å². The molecule has 2 aromatic rings. The predicted molar refractivity (Wildman–Crippen MR) is 130 cm³/mol. The van der Waals surface area contributed by atoms with Crippen molar-refractivity contribution in [3.05, 3.63) is 57.8 Å². The third-order valence-electron chi connectivity index (χ3n) is 4.34. The Morgan fingerprint density at radius 2 is 1.89 bits per heavy atom. The summed E-state index contributed by atoms with van der Waals surface area (Å²) in [5.74, 6) is 1.01. The average molecular weight is 514 g/mol. The molecule has 0 bridgehead atoms. The second kappa shape index (κ2) is 12.8. The van der Waals surface area contributed by atoms with Crippen LogP contribution in [0, 0.1) is 6.92 Å². The number of amides is 1. The van der Waals surface area contributed by atoms with Crippen LogP contribution in [0.4, 0.5) is 0 Å². The molecule has 0 radical (unpaired) electrons. The molecule has 0 saturated carbocycles. The lowest BCUT2D eigenvalue weighted by Gasteiger charge is -2.17. The van der Waals surface area contributed by atoms with Gasteiger partial charge in [-0.2, -0.15) is 0 Å². The van der Waals surface area contributed by atoms with Crippen LogP contribution in [0.2, 0.25) is 0 Å². The summed E-state index contributed by atoms with van der Waals surface area (Å²) in [6, 6.07) is 12.8. The first kappa shape index (κ1) is 24.4. The molecule has 0 aliphatic carbocycles. The second-order valence-corrected chi connectivity index (χ2v) is 7.93. The maximum absolute atomic E-state index is 11.9. The number of carbonyl (C=O) groups is 1. The van der Waals surface area contributed by atoms with Crippen LogP contribution in [-0.2, 0) is 11.2 Å². The van der Waals surface area contributed by atoms with E-state index >= 15 is 0 Å². The van der Waals surface area contributed by atoms with Crippen molar-refractivity contribution in [2.75, 3.05) is 33.7 Å². The zero-order chi connectivity index (χ0) is 19.6. The maximum atomic E-state index is 11.9. The Hall–Kier alpha value is -1.61. The van der Waals surface area contributed by atoms with E-state index in [0.29, 0.717) is 11.9 Å². The summed E-state index contributed by atoms with van der Waals surface area (Å²) in [4.78, 5) is 19.2. The van der Waals surface area contributed by atoms with E-state index in [9.17, 15) is 4.79 Å². The molecule has 0 aliphatic heterocycles. The monoisotopic (exact) mass is 514 g/mol. The van der Waals surface area contributed by atoms with Gasteiger partial charge in [0.25, 0.3) is 0 Å². The van der Waals surface area contributed by atoms with Crippen LogP contribution in [0.25, 0.3) is 0 Å². The molecule has 0 aliphatic rings. The minimum Gasteiger partial charge on any atom is -0.356 e. The number of rotatable bonds is 8. The number of likely N-dealkylation sites (N-methyl/N-ethyl adjacent to an activating group) is 1. The number of nitrogens with zero attached hydrogens (tertiary/aromatic N) is 2. The summed E-state index contributed by atoms with van der Waals surface area (Å²) in [5, 5.41) is 8.81. The number of thiophene rings is 1. The third-order valence-corrected chi connectivity index (χ3v) is 5.27. The van der Waals surface area contributed by atoms with Gasteiger partial charge in [0.2, 0.25) is 5.91 Å². The maximum Gasteiger partial charge on any atom is 0.243 e. The fraction of sp³-hybridized carbons (Fsp3) is 0.429. The number of hydrogen-bond donors (Lipinski definition) is 2. The van der Waals surface area contributed by atoms with Crippen LogP contribution >= 0.6 is 35.3 Å². The number of hydrogen-bond acceptors (Lipinski definition) is 3. The van der Waals surface area contributed by atoms with Crippen molar-refractivity contribution in [3.8, 4) is 0 Å². The highest BCUT2D eigenvalue weighted by molar-refractivity contribution is 14.0. The Morgan fingerprint density at radius 1 is 1.18 bits per heavy atom. The van der Waals surface area contributed by atoms with Gasteiger partial charge in [0, 0.05) is 32.1 Å². The molecular formula is C21H31IN4OS. The largest absolute Gasteiger partial charge is 0.356 e. The molecular weight excluding hydrogens is 483 g/mol. The van der Waals surface area contributed by atoms with Gasteiger partial charge in [0.15, 0.2) is 5.96 Å². The number of aryl methyl sites for hydroxylation is 1. The van der Waals surface area contributed by atoms with E-state index in [1.807, 2.05) is 0 Å². The summed E-state index contributed by atoms with van der Waals surface area (Å²) < 4.78 is 0. The van der Waals surface area contributed by atoms with Crippen molar-refractivity contribution in [1.29, 1.82) is 0 Å². The quantitative estimate of drug-likeness (QED) is 0.321. The van der Waals surface area contributed by atoms with Crippen molar-refractivity contribution in [2.24, 2.45) is 4.99 Å². The van der Waals surface area contributed by atoms with Gasteiger partial charge in [-0.05, 0) is 36.3 Å². The Bertz CT molecular complexity index is 729. The van der Waals surface area contributed by atoms with E-state index in [-0.39, 0.29) is 36.4 Å². The number of halogens is 1. The lowest BCUT2D eigenvalue weighted by Crippen LogP contribution is -2.41. The van der Waals surface area contributed by atoms with Crippen LogP contribution in [-0.4, -0.2) is 50.5 Å². The van der Waals surface area contributed by atoms with Gasteiger partial charge in [0.05, 0.1) is 0 Å². The van der Waals surface area contributed by atoms with Gasteiger partial charge in [0.1, 0.15) is 6.54 Å². The Morgan fingerprint density at radius 3 is 2.50 bits per heavy atom. The molecule has 28 heavy (non-hydrogen) atoms. The van der Waals surface area contributed by atoms with Crippen LogP contribution in [0.5, 0.6) is 0 Å². The summed E-state index contributed by atoms with van der Waals surface area (Å²) in [7, 11) is 3.49. The molecule has 0 saturated heterocycles. The summed E-state index contributed by atoms with van der Waals surface area (Å²) >= 11 is 1.75. The van der Waals surface area contributed by atoms with E-state index in [1.165, 1.54) is 16.0 Å². The molecule has 1 aromatic carbocycles. The Balaban J connectivity index is 0.00000392. The Kier molecular flexibility index (Phi) is 11.1. The molecule has 1 atom stereocenters. The first-order valence-corrected chi connectivity index (χ1v) is 10.1. The highest BCUT2D eigenvalue weighted by atomic mass is 127. The fourth-order valence-corrected chi connectivity index (χ4v) is 3.19. The number of aliphatic imine (C=N–C) groups is 1. The first-order valence-electron chi connectivity index (χ1n) is 9.27. The van der Waals surface area contributed by atoms with Crippen LogP contribution in [0.3, 0.4) is 0 Å². The number of guanidine groups is 1. The van der Waals surface area contributed by atoms with E-state index in [4.69, 9.17) is 0 Å². The number of carbonyl (C=O) groups excluding carboxylic acids is 1. The lowest BCUT2D eigenvalue weighted by molar-refractivity contribution is -0.127. The number of benzene rings is 1. The molecule has 1 heterocycles. The normalized spacial score (nSPS) is 12.1. The van der Waals surface area contributed by atoms with Gasteiger partial charge in [-0.15, -0.1) is 35.3 Å². The van der Waals surface area contributed by atoms with Crippen molar-refractivity contribution in [3.63, 3.8) is 0 Å². The molecule has 0 spiro atoms. The first-order chi connectivity index (χ1) is 13.0. The highest BCUT2D eigenvalue weighted by Crippen LogP contribution is 2.14. The summed E-state index contributed by atoms with van der Waals surface area (Å²) in [6.07, 6.45) is 0.938. The molecule has 1 unspecified atom stereocenters. The summed E-state index contributed by atoms with van der Waals surface area (Å²) in [5.41, 5.74) is 2.55. The van der Waals surface area contributed by atoms with E-state index in [0.717, 1.165) is 19.5 Å². The predicted octanol–water partition coefficient (Wildman–Crippen LogP) is 3.64. The van der Waals surface area contributed by atoms with Gasteiger partial charge in [-0.1, -0.05) is 42.8 Å². The molecule has 2 N–H and O–H groups in total. The van der Waals surface area contributed by atoms with Crippen molar-refractivity contribution in [1.82, 2.24) is 15.5 Å². The zero-order valence-corrected chi connectivity index (χ0v) is 20.2. The fourth-order valence-electron chi connectivity index (χ4n) is 2.48. The molecule has 1 amide bonds. The number of nitrogens with one attached hydrogen (secondary N) is 2. The minimum absolute atomic E-state index is 0. The molecule has 5 nitrogen and oxygen atoms in total. The van der Waals surface area contributed by atoms with Crippen molar-refractivity contribution >= 4 is 47.2 Å². The van der Waals surface area contributed by atoms with E-state index < -0.39 is 0 Å². The molecule has 0 fully saturated rings. The van der Waals surface area contributed by atoms with Crippen molar-refractivity contribution in [2.45, 2.75) is 26.2 Å². The minimum atomic E-state index is -0.0130. The molecule has 2 rings (SSSR count). The van der Waals surface area contributed by atoms with Crippen LogP contribution < -0.4 is 10.6 Å². The summed E-state index contributed by atoms with van der Waals surface area (Å²) in [6.45, 7) is 5.95. The lowest BCUT2D eigenvalue weighted by atomic mass is 10.0. The van der Waals surface area contributed by atoms with Gasteiger partial charge in [-0.3, -0.25) is 4.79 Å². The highest BCUT2D eigenvalue weighted by Gasteiger charge is 2.08. The molecule has 154 valence electrons. The SMILES string of the molecule is Cc1ccc(C(C)CNC(=NCC(=O)N(C)C)NCCc2cccs2)cc1.I. The standard InChI is InChI=1S/C21H30N4OS.HI/c1-16-7-9-18(10-8-16)17(2)14-23-21(24-15-20(26)25(3)4)22-12-11-19-6-5-13-27-19;/h5-10,13,17H,11-12,14-15H2,1-4H3,(H2,22,23,24);1H. The van der Waals surface area contributed by atoms with E-state index in [2.05, 4.69) is 71.3 Å². The second-order valence-electron chi connectivity index (χ2n) is 6.90. The Labute approximate surface area is 189 Å².